The molecule has 1 aliphatic rings. The molecule has 1 amide bonds. The number of nitrogens with zero attached hydrogens (tertiary/aromatic N) is 1. The fourth-order valence-corrected chi connectivity index (χ4v) is 13.0. The predicted molar refractivity (Wildman–Crippen MR) is 201 cm³/mol. The number of allylic oxidation sites excluding steroid dienone is 2. The van der Waals surface area contributed by atoms with Crippen LogP contribution >= 0.6 is 46.1 Å². The van der Waals surface area contributed by atoms with E-state index in [0.717, 1.165) is 16.3 Å². The van der Waals surface area contributed by atoms with Crippen molar-refractivity contribution >= 4 is 72.5 Å². The SMILES string of the molecule is C/C1=C\C=C/C(=O)O[C@H](CO[Si](C(C)C)(C(C)C)C(C)C)Cc2nc(cs2)[C@@H](C)C[C@@H](NC(=O)OC(C)(C)C(Cl)(Cl)Cl)CC(=O)O[C@@H](C)C1. The first kappa shape index (κ1) is 43.5. The number of hydrogen-bond acceptors (Lipinski definition) is 9. The quantitative estimate of drug-likeness (QED) is 0.120. The summed E-state index contributed by atoms with van der Waals surface area (Å²) in [5.41, 5.74) is 1.36. The molecule has 1 aromatic heterocycles. The molecule has 0 spiro atoms. The molecule has 0 saturated carbocycles. The third-order valence-electron chi connectivity index (χ3n) is 8.94. The van der Waals surface area contributed by atoms with E-state index in [1.165, 1.54) is 31.3 Å². The maximum Gasteiger partial charge on any atom is 0.408 e. The minimum absolute atomic E-state index is 0.105. The Morgan fingerprint density at radius 3 is 2.22 bits per heavy atom. The van der Waals surface area contributed by atoms with Crippen molar-refractivity contribution in [1.82, 2.24) is 10.3 Å². The van der Waals surface area contributed by atoms with Crippen molar-refractivity contribution in [2.24, 2.45) is 0 Å². The first-order valence-corrected chi connectivity index (χ1v) is 21.1. The molecular formula is C35H55Cl3N2O7SSi. The van der Waals surface area contributed by atoms with Crippen LogP contribution in [0.25, 0.3) is 0 Å². The summed E-state index contributed by atoms with van der Waals surface area (Å²) in [6, 6.07) is -0.663. The monoisotopic (exact) mass is 780 g/mol. The number of nitrogens with one attached hydrogen (secondary N) is 1. The maximum absolute atomic E-state index is 13.1. The zero-order chi connectivity index (χ0) is 37.3. The Morgan fingerprint density at radius 1 is 1.04 bits per heavy atom. The highest BCUT2D eigenvalue weighted by Crippen LogP contribution is 2.43. The molecule has 2 rings (SSSR count). The Hall–Kier alpha value is -1.63. The van der Waals surface area contributed by atoms with Crippen LogP contribution < -0.4 is 5.32 Å². The number of carbonyl (C=O) groups is 3. The number of thiazole rings is 1. The number of ether oxygens (including phenoxy) is 3. The van der Waals surface area contributed by atoms with Crippen molar-refractivity contribution < 1.29 is 33.0 Å². The van der Waals surface area contributed by atoms with E-state index in [0.29, 0.717) is 35.9 Å². The molecule has 14 heteroatoms. The number of rotatable bonds is 8. The van der Waals surface area contributed by atoms with Gasteiger partial charge in [0.05, 0.1) is 23.7 Å². The molecule has 0 radical (unpaired) electrons. The molecule has 0 unspecified atom stereocenters. The third kappa shape index (κ3) is 13.1. The Bertz CT molecular complexity index is 1300. The van der Waals surface area contributed by atoms with Crippen LogP contribution in [0.1, 0.15) is 112 Å². The maximum atomic E-state index is 13.1. The van der Waals surface area contributed by atoms with Crippen LogP contribution in [0.15, 0.2) is 29.2 Å². The first-order valence-electron chi connectivity index (χ1n) is 17.0. The Kier molecular flexibility index (Phi) is 16.6. The van der Waals surface area contributed by atoms with Gasteiger partial charge >= 0.3 is 18.0 Å². The van der Waals surface area contributed by atoms with E-state index in [2.05, 4.69) is 46.9 Å². The van der Waals surface area contributed by atoms with Crippen molar-refractivity contribution in [3.05, 3.63) is 39.9 Å². The fourth-order valence-electron chi connectivity index (χ4n) is 6.47. The molecule has 1 aliphatic heterocycles. The van der Waals surface area contributed by atoms with Crippen LogP contribution in [0.4, 0.5) is 4.79 Å². The molecule has 1 aromatic rings. The second kappa shape index (κ2) is 18.7. The van der Waals surface area contributed by atoms with Gasteiger partial charge in [0, 0.05) is 36.3 Å². The highest BCUT2D eigenvalue weighted by molar-refractivity contribution is 7.09. The summed E-state index contributed by atoms with van der Waals surface area (Å²) in [6.45, 7) is 22.2. The summed E-state index contributed by atoms with van der Waals surface area (Å²) in [6.07, 6.45) is 4.09. The first-order chi connectivity index (χ1) is 22.6. The molecular weight excluding hydrogens is 727 g/mol. The Balaban J connectivity index is 2.43. The number of alkyl carbamates (subject to hydrolysis) is 1. The lowest BCUT2D eigenvalue weighted by molar-refractivity contribution is -0.149. The van der Waals surface area contributed by atoms with Crippen molar-refractivity contribution in [3.8, 4) is 0 Å². The molecule has 2 bridgehead atoms. The third-order valence-corrected chi connectivity index (χ3v) is 17.3. The van der Waals surface area contributed by atoms with E-state index in [1.807, 2.05) is 19.2 Å². The minimum Gasteiger partial charge on any atom is -0.462 e. The smallest absolute Gasteiger partial charge is 0.408 e. The van der Waals surface area contributed by atoms with Gasteiger partial charge in [0.15, 0.2) is 5.60 Å². The minimum atomic E-state index is -2.23. The average molecular weight is 782 g/mol. The highest BCUT2D eigenvalue weighted by Gasteiger charge is 2.46. The number of cyclic esters (lactones) is 2. The van der Waals surface area contributed by atoms with Crippen LogP contribution in [-0.4, -0.2) is 65.6 Å². The number of alkyl halides is 3. The van der Waals surface area contributed by atoms with Crippen LogP contribution in [0.3, 0.4) is 0 Å². The van der Waals surface area contributed by atoms with Gasteiger partial charge < -0.3 is 24.0 Å². The van der Waals surface area contributed by atoms with Gasteiger partial charge in [-0.2, -0.15) is 0 Å². The van der Waals surface area contributed by atoms with Gasteiger partial charge in [-0.25, -0.2) is 14.6 Å². The molecule has 0 aromatic carbocycles. The molecule has 9 nitrogen and oxygen atoms in total. The van der Waals surface area contributed by atoms with Gasteiger partial charge in [-0.1, -0.05) is 101 Å². The van der Waals surface area contributed by atoms with Crippen molar-refractivity contribution in [2.45, 2.75) is 152 Å². The topological polar surface area (TPSA) is 113 Å². The predicted octanol–water partition coefficient (Wildman–Crippen LogP) is 9.75. The van der Waals surface area contributed by atoms with Gasteiger partial charge in [0.2, 0.25) is 12.1 Å². The number of amides is 1. The normalized spacial score (nSPS) is 24.3. The van der Waals surface area contributed by atoms with E-state index >= 15 is 0 Å². The molecule has 2 heterocycles. The summed E-state index contributed by atoms with van der Waals surface area (Å²) in [7, 11) is -2.23. The number of hydrogen-bond donors (Lipinski definition) is 1. The Labute approximate surface area is 312 Å². The van der Waals surface area contributed by atoms with Gasteiger partial charge in [-0.15, -0.1) is 11.3 Å². The number of esters is 2. The van der Waals surface area contributed by atoms with Gasteiger partial charge in [0.25, 0.3) is 0 Å². The van der Waals surface area contributed by atoms with Gasteiger partial charge in [-0.3, -0.25) is 4.79 Å². The van der Waals surface area contributed by atoms with Gasteiger partial charge in [-0.05, 0) is 50.7 Å². The second-order valence-corrected chi connectivity index (χ2v) is 23.2. The summed E-state index contributed by atoms with van der Waals surface area (Å²) >= 11 is 19.5. The van der Waals surface area contributed by atoms with E-state index in [-0.39, 0.29) is 18.9 Å². The molecule has 278 valence electrons. The standard InChI is InChI=1S/C35H55Cl3N2O7SSi/c1-21(2)49(22(3)4,23(5)6)44-19-28-18-30-40-29(20-48-30)25(8)16-27(39-33(43)47-34(10,11)35(36,37)38)17-32(42)45-26(9)15-24(7)13-12-14-31(41)46-28/h12-14,20-23,25-28H,15-19H2,1-11H3,(H,39,43)/b14-12-,24-13+/t25-,26-,27+,28-/m0/s1. The largest absolute Gasteiger partial charge is 0.462 e. The lowest BCUT2D eigenvalue weighted by Gasteiger charge is -2.42. The van der Waals surface area contributed by atoms with E-state index in [4.69, 9.17) is 58.4 Å². The summed E-state index contributed by atoms with van der Waals surface area (Å²) in [5, 5.41) is 5.51. The van der Waals surface area contributed by atoms with Crippen molar-refractivity contribution in [2.75, 3.05) is 6.61 Å². The molecule has 0 aliphatic carbocycles. The fraction of sp³-hybridized carbons (Fsp3) is 0.714. The summed E-state index contributed by atoms with van der Waals surface area (Å²) < 4.78 is 22.1. The zero-order valence-corrected chi connectivity index (χ0v) is 34.8. The van der Waals surface area contributed by atoms with Gasteiger partial charge in [0.1, 0.15) is 12.2 Å². The molecule has 1 N–H and O–H groups in total. The second-order valence-electron chi connectivity index (χ2n) is 14.5. The van der Waals surface area contributed by atoms with Crippen molar-refractivity contribution in [1.29, 1.82) is 0 Å². The van der Waals surface area contributed by atoms with Crippen molar-refractivity contribution in [3.63, 3.8) is 0 Å². The van der Waals surface area contributed by atoms with E-state index in [9.17, 15) is 14.4 Å². The van der Waals surface area contributed by atoms with Crippen LogP contribution in [0.2, 0.25) is 16.6 Å². The molecule has 49 heavy (non-hydrogen) atoms. The van der Waals surface area contributed by atoms with Crippen LogP contribution in [0.5, 0.6) is 0 Å². The van der Waals surface area contributed by atoms with Crippen LogP contribution in [-0.2, 0) is 34.6 Å². The highest BCUT2D eigenvalue weighted by atomic mass is 35.6. The number of carbonyl (C=O) groups excluding carboxylic acids is 3. The number of aromatic nitrogens is 1. The van der Waals surface area contributed by atoms with E-state index in [1.54, 1.807) is 19.1 Å². The van der Waals surface area contributed by atoms with E-state index < -0.39 is 54.0 Å². The lowest BCUT2D eigenvalue weighted by atomic mass is 9.97. The lowest BCUT2D eigenvalue weighted by Crippen LogP contribution is -2.49. The molecule has 0 saturated heterocycles. The Morgan fingerprint density at radius 2 is 1.65 bits per heavy atom. The number of halogens is 3. The average Bonchev–Trinajstić information content (AvgIpc) is 3.39. The summed E-state index contributed by atoms with van der Waals surface area (Å²) in [4.78, 5) is 43.9. The zero-order valence-electron chi connectivity index (χ0n) is 30.7. The molecule has 4 atom stereocenters. The summed E-state index contributed by atoms with van der Waals surface area (Å²) in [5.74, 6) is -1.12. The molecule has 0 fully saturated rings. The van der Waals surface area contributed by atoms with Crippen LogP contribution in [0, 0.1) is 0 Å². The number of fused-ring (bicyclic) bond motifs is 2.